The number of rotatable bonds is 4. The third kappa shape index (κ3) is 3.28. The number of nitrogens with two attached hydrogens (primary N) is 1. The van der Waals surface area contributed by atoms with Gasteiger partial charge < -0.3 is 5.73 Å². The van der Waals surface area contributed by atoms with Gasteiger partial charge in [-0.25, -0.2) is 0 Å². The van der Waals surface area contributed by atoms with Crippen LogP contribution in [0.2, 0.25) is 0 Å². The van der Waals surface area contributed by atoms with Crippen LogP contribution in [0.3, 0.4) is 0 Å². The minimum absolute atomic E-state index is 0.294. The molecule has 0 bridgehead atoms. The van der Waals surface area contributed by atoms with E-state index in [2.05, 4.69) is 30.5 Å². The Hall–Kier alpha value is -0.470. The second-order valence-corrected chi connectivity index (χ2v) is 3.82. The minimum atomic E-state index is 0.294. The predicted molar refractivity (Wildman–Crippen MR) is 56.5 cm³/mol. The van der Waals surface area contributed by atoms with E-state index in [0.717, 1.165) is 12.2 Å². The molecule has 0 fully saturated rings. The van der Waals surface area contributed by atoms with Gasteiger partial charge in [-0.05, 0) is 18.2 Å². The SMILES string of the molecule is CSCC(N)Cc1ccccc1. The molecular formula is C10H15NS. The molecule has 0 aliphatic rings. The first kappa shape index (κ1) is 9.62. The van der Waals surface area contributed by atoms with Crippen LogP contribution in [0, 0.1) is 0 Å². The zero-order chi connectivity index (χ0) is 8.81. The van der Waals surface area contributed by atoms with Gasteiger partial charge in [-0.2, -0.15) is 11.8 Å². The summed E-state index contributed by atoms with van der Waals surface area (Å²) in [5.41, 5.74) is 7.23. The van der Waals surface area contributed by atoms with Crippen molar-refractivity contribution < 1.29 is 0 Å². The number of hydrogen-bond donors (Lipinski definition) is 1. The van der Waals surface area contributed by atoms with Crippen molar-refractivity contribution in [2.45, 2.75) is 12.5 Å². The third-order valence-electron chi connectivity index (χ3n) is 1.72. The Morgan fingerprint density at radius 3 is 2.58 bits per heavy atom. The Morgan fingerprint density at radius 2 is 2.00 bits per heavy atom. The van der Waals surface area contributed by atoms with Crippen molar-refractivity contribution in [1.29, 1.82) is 0 Å². The van der Waals surface area contributed by atoms with Crippen molar-refractivity contribution in [1.82, 2.24) is 0 Å². The van der Waals surface area contributed by atoms with E-state index in [1.165, 1.54) is 5.56 Å². The standard InChI is InChI=1S/C10H15NS/c1-12-8-10(11)7-9-5-3-2-4-6-9/h2-6,10H,7-8,11H2,1H3. The van der Waals surface area contributed by atoms with Gasteiger partial charge in [0.25, 0.3) is 0 Å². The molecule has 1 aromatic rings. The van der Waals surface area contributed by atoms with Crippen LogP contribution in [0.15, 0.2) is 30.3 Å². The van der Waals surface area contributed by atoms with Crippen molar-refractivity contribution in [2.75, 3.05) is 12.0 Å². The topological polar surface area (TPSA) is 26.0 Å². The summed E-state index contributed by atoms with van der Waals surface area (Å²) in [6.45, 7) is 0. The molecule has 66 valence electrons. The molecule has 0 saturated heterocycles. The molecule has 0 spiro atoms. The van der Waals surface area contributed by atoms with E-state index < -0.39 is 0 Å². The number of hydrogen-bond acceptors (Lipinski definition) is 2. The van der Waals surface area contributed by atoms with E-state index in [1.54, 1.807) is 11.8 Å². The van der Waals surface area contributed by atoms with Crippen molar-refractivity contribution in [3.05, 3.63) is 35.9 Å². The minimum Gasteiger partial charge on any atom is -0.327 e. The molecule has 1 rings (SSSR count). The van der Waals surface area contributed by atoms with Gasteiger partial charge in [0, 0.05) is 11.8 Å². The van der Waals surface area contributed by atoms with E-state index in [0.29, 0.717) is 6.04 Å². The van der Waals surface area contributed by atoms with Gasteiger partial charge in [-0.1, -0.05) is 30.3 Å². The van der Waals surface area contributed by atoms with Crippen LogP contribution in [0.25, 0.3) is 0 Å². The molecule has 1 aromatic carbocycles. The quantitative estimate of drug-likeness (QED) is 0.768. The molecule has 1 atom stereocenters. The predicted octanol–water partition coefficient (Wildman–Crippen LogP) is 1.92. The van der Waals surface area contributed by atoms with Crippen molar-refractivity contribution in [2.24, 2.45) is 5.73 Å². The lowest BCUT2D eigenvalue weighted by Gasteiger charge is -2.08. The molecule has 0 aliphatic carbocycles. The molecule has 2 heteroatoms. The Labute approximate surface area is 78.4 Å². The summed E-state index contributed by atoms with van der Waals surface area (Å²) < 4.78 is 0. The average Bonchev–Trinajstić information content (AvgIpc) is 2.06. The highest BCUT2D eigenvalue weighted by Crippen LogP contribution is 2.04. The first-order chi connectivity index (χ1) is 5.83. The summed E-state index contributed by atoms with van der Waals surface area (Å²) in [7, 11) is 0. The largest absolute Gasteiger partial charge is 0.327 e. The molecule has 0 aliphatic heterocycles. The van der Waals surface area contributed by atoms with E-state index in [-0.39, 0.29) is 0 Å². The fourth-order valence-corrected chi connectivity index (χ4v) is 1.74. The normalized spacial score (nSPS) is 12.8. The molecule has 0 aromatic heterocycles. The zero-order valence-corrected chi connectivity index (χ0v) is 8.18. The van der Waals surface area contributed by atoms with Gasteiger partial charge in [0.2, 0.25) is 0 Å². The Morgan fingerprint density at radius 1 is 1.33 bits per heavy atom. The summed E-state index contributed by atoms with van der Waals surface area (Å²) in [4.78, 5) is 0. The second-order valence-electron chi connectivity index (χ2n) is 2.91. The van der Waals surface area contributed by atoms with Crippen LogP contribution in [0.1, 0.15) is 5.56 Å². The molecule has 0 saturated carbocycles. The van der Waals surface area contributed by atoms with E-state index in [4.69, 9.17) is 5.73 Å². The summed E-state index contributed by atoms with van der Waals surface area (Å²) in [6.07, 6.45) is 3.08. The summed E-state index contributed by atoms with van der Waals surface area (Å²) >= 11 is 1.80. The molecule has 0 amide bonds. The van der Waals surface area contributed by atoms with Gasteiger partial charge in [0.05, 0.1) is 0 Å². The average molecular weight is 181 g/mol. The molecule has 1 nitrogen and oxygen atoms in total. The molecule has 0 radical (unpaired) electrons. The highest BCUT2D eigenvalue weighted by atomic mass is 32.2. The van der Waals surface area contributed by atoms with Crippen molar-refractivity contribution in [3.63, 3.8) is 0 Å². The molecule has 1 unspecified atom stereocenters. The lowest BCUT2D eigenvalue weighted by molar-refractivity contribution is 0.749. The van der Waals surface area contributed by atoms with Crippen molar-refractivity contribution in [3.8, 4) is 0 Å². The third-order valence-corrected chi connectivity index (χ3v) is 2.48. The molecule has 12 heavy (non-hydrogen) atoms. The number of thioether (sulfide) groups is 1. The maximum atomic E-state index is 5.90. The lowest BCUT2D eigenvalue weighted by Crippen LogP contribution is -2.25. The highest BCUT2D eigenvalue weighted by Gasteiger charge is 2.01. The second kappa shape index (κ2) is 5.22. The summed E-state index contributed by atoms with van der Waals surface area (Å²) in [5.74, 6) is 1.04. The molecule has 2 N–H and O–H groups in total. The molecular weight excluding hydrogens is 166 g/mol. The first-order valence-corrected chi connectivity index (χ1v) is 5.50. The van der Waals surface area contributed by atoms with Crippen LogP contribution in [0.5, 0.6) is 0 Å². The fraction of sp³-hybridized carbons (Fsp3) is 0.400. The monoisotopic (exact) mass is 181 g/mol. The van der Waals surface area contributed by atoms with Gasteiger partial charge >= 0.3 is 0 Å². The van der Waals surface area contributed by atoms with Crippen LogP contribution in [0.4, 0.5) is 0 Å². The lowest BCUT2D eigenvalue weighted by atomic mass is 10.1. The summed E-state index contributed by atoms with van der Waals surface area (Å²) in [6, 6.07) is 10.7. The van der Waals surface area contributed by atoms with Gasteiger partial charge in [-0.15, -0.1) is 0 Å². The van der Waals surface area contributed by atoms with E-state index in [9.17, 15) is 0 Å². The Bertz CT molecular complexity index is 210. The maximum Gasteiger partial charge on any atom is 0.0171 e. The first-order valence-electron chi connectivity index (χ1n) is 4.11. The van der Waals surface area contributed by atoms with Crippen LogP contribution in [-0.2, 0) is 6.42 Å². The Kier molecular flexibility index (Phi) is 4.19. The van der Waals surface area contributed by atoms with Crippen LogP contribution >= 0.6 is 11.8 Å². The van der Waals surface area contributed by atoms with Crippen molar-refractivity contribution >= 4 is 11.8 Å². The molecule has 0 heterocycles. The summed E-state index contributed by atoms with van der Waals surface area (Å²) in [5, 5.41) is 0. The number of benzene rings is 1. The van der Waals surface area contributed by atoms with Gasteiger partial charge in [0.1, 0.15) is 0 Å². The van der Waals surface area contributed by atoms with E-state index >= 15 is 0 Å². The fourth-order valence-electron chi connectivity index (χ4n) is 1.19. The van der Waals surface area contributed by atoms with Gasteiger partial charge in [0.15, 0.2) is 0 Å². The van der Waals surface area contributed by atoms with Crippen LogP contribution < -0.4 is 5.73 Å². The zero-order valence-electron chi connectivity index (χ0n) is 7.36. The van der Waals surface area contributed by atoms with E-state index in [1.807, 2.05) is 6.07 Å². The highest BCUT2D eigenvalue weighted by molar-refractivity contribution is 7.98. The Balaban J connectivity index is 2.41. The smallest absolute Gasteiger partial charge is 0.0171 e. The maximum absolute atomic E-state index is 5.90. The van der Waals surface area contributed by atoms with Crippen LogP contribution in [-0.4, -0.2) is 18.1 Å². The van der Waals surface area contributed by atoms with Gasteiger partial charge in [-0.3, -0.25) is 0 Å².